The summed E-state index contributed by atoms with van der Waals surface area (Å²) in [5, 5.41) is 0. The van der Waals surface area contributed by atoms with Gasteiger partial charge in [-0.15, -0.1) is 0 Å². The average molecular weight is 348 g/mol. The summed E-state index contributed by atoms with van der Waals surface area (Å²) in [5.41, 5.74) is 3.13. The second-order valence-corrected chi connectivity index (χ2v) is 14.3. The van der Waals surface area contributed by atoms with Crippen LogP contribution in [0.2, 0.25) is 0 Å². The molecular formula is C19H28Zr. The first-order valence-electron chi connectivity index (χ1n) is 7.89. The Morgan fingerprint density at radius 3 is 1.50 bits per heavy atom. The van der Waals surface area contributed by atoms with Crippen LogP contribution in [0.4, 0.5) is 0 Å². The summed E-state index contributed by atoms with van der Waals surface area (Å²) in [5.74, 6) is 1.35. The van der Waals surface area contributed by atoms with Crippen LogP contribution in [0.5, 0.6) is 0 Å². The second-order valence-electron chi connectivity index (χ2n) is 6.84. The zero-order valence-corrected chi connectivity index (χ0v) is 16.3. The van der Waals surface area contributed by atoms with Crippen LogP contribution in [-0.4, -0.2) is 3.21 Å². The molecule has 0 saturated carbocycles. The molecule has 0 heterocycles. The molecule has 0 bridgehead atoms. The Morgan fingerprint density at radius 2 is 1.25 bits per heavy atom. The Bertz CT molecular complexity index is 500. The van der Waals surface area contributed by atoms with E-state index in [1.165, 1.54) is 12.8 Å². The monoisotopic (exact) mass is 346 g/mol. The van der Waals surface area contributed by atoms with Gasteiger partial charge in [0, 0.05) is 0 Å². The molecule has 0 aliphatic heterocycles. The summed E-state index contributed by atoms with van der Waals surface area (Å²) in [6, 6.07) is 0. The molecule has 0 nitrogen and oxygen atoms in total. The van der Waals surface area contributed by atoms with Crippen molar-refractivity contribution in [1.29, 1.82) is 0 Å². The molecule has 0 aromatic heterocycles. The van der Waals surface area contributed by atoms with Gasteiger partial charge in [-0.3, -0.25) is 0 Å². The predicted molar refractivity (Wildman–Crippen MR) is 87.6 cm³/mol. The van der Waals surface area contributed by atoms with E-state index in [1.807, 2.05) is 0 Å². The predicted octanol–water partition coefficient (Wildman–Crippen LogP) is 5.56. The third-order valence-electron chi connectivity index (χ3n) is 4.27. The molecule has 108 valence electrons. The fourth-order valence-corrected chi connectivity index (χ4v) is 10.3. The van der Waals surface area contributed by atoms with E-state index in [4.69, 9.17) is 0 Å². The van der Waals surface area contributed by atoms with E-state index in [9.17, 15) is 0 Å². The van der Waals surface area contributed by atoms with E-state index in [2.05, 4.69) is 65.8 Å². The molecule has 0 aromatic rings. The van der Waals surface area contributed by atoms with E-state index >= 15 is 0 Å². The summed E-state index contributed by atoms with van der Waals surface area (Å²) in [4.78, 5) is 0. The van der Waals surface area contributed by atoms with Crippen molar-refractivity contribution in [3.8, 4) is 0 Å². The van der Waals surface area contributed by atoms with Crippen molar-refractivity contribution in [3.63, 3.8) is 0 Å². The first-order chi connectivity index (χ1) is 9.40. The van der Waals surface area contributed by atoms with Crippen LogP contribution in [0.3, 0.4) is 0 Å². The van der Waals surface area contributed by atoms with Gasteiger partial charge in [-0.05, 0) is 0 Å². The van der Waals surface area contributed by atoms with Crippen molar-refractivity contribution in [2.45, 2.75) is 54.4 Å². The van der Waals surface area contributed by atoms with E-state index in [0.717, 1.165) is 0 Å². The summed E-state index contributed by atoms with van der Waals surface area (Å²) >= 11 is -1.70. The molecule has 0 aromatic carbocycles. The molecule has 0 saturated heterocycles. The number of hydrogen-bond acceptors (Lipinski definition) is 0. The molecule has 0 fully saturated rings. The molecule has 2 rings (SSSR count). The van der Waals surface area contributed by atoms with E-state index in [1.54, 1.807) is 20.9 Å². The van der Waals surface area contributed by atoms with Crippen molar-refractivity contribution in [3.05, 3.63) is 42.0 Å². The third-order valence-corrected chi connectivity index (χ3v) is 11.6. The quantitative estimate of drug-likeness (QED) is 0.625. The molecule has 0 unspecified atom stereocenters. The number of rotatable bonds is 4. The van der Waals surface area contributed by atoms with E-state index < -0.39 is 21.3 Å². The Hall–Kier alpha value is -0.287. The molecule has 1 heteroatoms. The van der Waals surface area contributed by atoms with Gasteiger partial charge in [0.25, 0.3) is 0 Å². The Morgan fingerprint density at radius 1 is 0.850 bits per heavy atom. The van der Waals surface area contributed by atoms with Crippen LogP contribution in [-0.2, 0) is 21.3 Å². The van der Waals surface area contributed by atoms with E-state index in [-0.39, 0.29) is 0 Å². The molecule has 0 N–H and O–H groups in total. The zero-order chi connectivity index (χ0) is 14.9. The molecule has 0 spiro atoms. The molecule has 0 amide bonds. The van der Waals surface area contributed by atoms with Crippen molar-refractivity contribution >= 4 is 3.21 Å². The van der Waals surface area contributed by atoms with Crippen molar-refractivity contribution in [1.82, 2.24) is 0 Å². The fourth-order valence-electron chi connectivity index (χ4n) is 3.10. The van der Waals surface area contributed by atoms with Crippen molar-refractivity contribution < 1.29 is 21.3 Å². The van der Waals surface area contributed by atoms with Crippen LogP contribution in [0.15, 0.2) is 42.0 Å². The second kappa shape index (κ2) is 6.65. The average Bonchev–Trinajstić information content (AvgIpc) is 2.97. The van der Waals surface area contributed by atoms with Gasteiger partial charge < -0.3 is 0 Å². The SMILES string of the molecule is C[C](C)=[Zr]([C]1=CC(C(C)C)=CC1)[C]1=CC(C(C)C)=CC1. The first kappa shape index (κ1) is 16.1. The van der Waals surface area contributed by atoms with Gasteiger partial charge in [-0.25, -0.2) is 0 Å². The third kappa shape index (κ3) is 3.48. The van der Waals surface area contributed by atoms with Crippen LogP contribution < -0.4 is 0 Å². The maximum atomic E-state index is 2.54. The topological polar surface area (TPSA) is 0 Å². The summed E-state index contributed by atoms with van der Waals surface area (Å²) in [7, 11) is 0. The minimum atomic E-state index is -1.70. The molecule has 2 aliphatic rings. The van der Waals surface area contributed by atoms with Gasteiger partial charge in [-0.2, -0.15) is 0 Å². The summed E-state index contributed by atoms with van der Waals surface area (Å²) in [6.45, 7) is 14.0. The van der Waals surface area contributed by atoms with Gasteiger partial charge in [0.05, 0.1) is 0 Å². The molecule has 0 atom stereocenters. The van der Waals surface area contributed by atoms with Crippen molar-refractivity contribution in [2.24, 2.45) is 11.8 Å². The van der Waals surface area contributed by atoms with Gasteiger partial charge >= 0.3 is 133 Å². The van der Waals surface area contributed by atoms with Crippen LogP contribution in [0, 0.1) is 11.8 Å². The van der Waals surface area contributed by atoms with Crippen LogP contribution in [0.25, 0.3) is 0 Å². The standard InChI is InChI=1S/2C8H11.C3H6.Zr/c2*1-7(2)8-5-3-4-6-8;1-3-2;/h2*5-7H,3H2,1-2H3;1-2H3;. The molecule has 20 heavy (non-hydrogen) atoms. The summed E-state index contributed by atoms with van der Waals surface area (Å²) in [6.07, 6.45) is 12.5. The maximum absolute atomic E-state index is 2.54. The number of hydrogen-bond donors (Lipinski definition) is 0. The normalized spacial score (nSPS) is 18.2. The summed E-state index contributed by atoms with van der Waals surface area (Å²) < 4.78 is 5.31. The van der Waals surface area contributed by atoms with Gasteiger partial charge in [0.1, 0.15) is 0 Å². The van der Waals surface area contributed by atoms with Gasteiger partial charge in [0.2, 0.25) is 0 Å². The minimum absolute atomic E-state index is 0.677. The van der Waals surface area contributed by atoms with Gasteiger partial charge in [0.15, 0.2) is 0 Å². The van der Waals surface area contributed by atoms with Gasteiger partial charge in [-0.1, -0.05) is 0 Å². The molecule has 0 radical (unpaired) electrons. The first-order valence-corrected chi connectivity index (χ1v) is 11.6. The molecule has 2 aliphatic carbocycles. The Balaban J connectivity index is 2.28. The fraction of sp³-hybridized carbons (Fsp3) is 0.526. The number of allylic oxidation sites excluding steroid dienone is 8. The Kier molecular flexibility index (Phi) is 5.35. The van der Waals surface area contributed by atoms with Crippen LogP contribution in [0.1, 0.15) is 54.4 Å². The Labute approximate surface area is 132 Å². The zero-order valence-electron chi connectivity index (χ0n) is 13.9. The van der Waals surface area contributed by atoms with Crippen LogP contribution >= 0.6 is 0 Å². The molecular weight excluding hydrogens is 319 g/mol. The van der Waals surface area contributed by atoms with E-state index in [0.29, 0.717) is 11.8 Å². The van der Waals surface area contributed by atoms with Crippen molar-refractivity contribution in [2.75, 3.05) is 0 Å².